The number of aromatic nitrogens is 1. The van der Waals surface area contributed by atoms with Crippen LogP contribution in [-0.2, 0) is 19.5 Å². The molecule has 0 saturated heterocycles. The molecule has 1 aliphatic rings. The number of sulfone groups is 1. The van der Waals surface area contributed by atoms with Crippen LogP contribution in [-0.4, -0.2) is 42.9 Å². The molecule has 10 heteroatoms. The summed E-state index contributed by atoms with van der Waals surface area (Å²) in [6, 6.07) is 10.0. The van der Waals surface area contributed by atoms with Crippen LogP contribution in [0.1, 0.15) is 37.7 Å². The second kappa shape index (κ2) is 11.3. The molecule has 34 heavy (non-hydrogen) atoms. The molecule has 0 spiro atoms. The Labute approximate surface area is 203 Å². The number of hydrogen-bond acceptors (Lipinski definition) is 8. The third-order valence-electron chi connectivity index (χ3n) is 5.21. The highest BCUT2D eigenvalue weighted by Crippen LogP contribution is 2.35. The zero-order valence-electron chi connectivity index (χ0n) is 18.8. The topological polar surface area (TPSA) is 115 Å². The Bertz CT molecular complexity index is 1220. The molecule has 1 aliphatic carbocycles. The lowest BCUT2D eigenvalue weighted by Crippen LogP contribution is -2.23. The summed E-state index contributed by atoms with van der Waals surface area (Å²) in [6.45, 7) is 2.01. The average Bonchev–Trinajstić information content (AvgIpc) is 2.80. The van der Waals surface area contributed by atoms with Crippen LogP contribution >= 0.6 is 11.6 Å². The molecule has 3 rings (SSSR count). The number of oxime groups is 1. The van der Waals surface area contributed by atoms with Crippen molar-refractivity contribution in [1.82, 2.24) is 4.98 Å². The third kappa shape index (κ3) is 6.45. The van der Waals surface area contributed by atoms with Gasteiger partial charge in [0.25, 0.3) is 0 Å². The van der Waals surface area contributed by atoms with Gasteiger partial charge in [-0.25, -0.2) is 13.4 Å². The number of rotatable bonds is 9. The van der Waals surface area contributed by atoms with Crippen LogP contribution in [0, 0.1) is 0 Å². The van der Waals surface area contributed by atoms with Gasteiger partial charge in [0.1, 0.15) is 18.1 Å². The summed E-state index contributed by atoms with van der Waals surface area (Å²) >= 11 is 5.45. The van der Waals surface area contributed by atoms with Crippen LogP contribution in [0.4, 0.5) is 0 Å². The summed E-state index contributed by atoms with van der Waals surface area (Å²) in [5, 5.41) is 14.6. The van der Waals surface area contributed by atoms with Crippen LogP contribution in [0.3, 0.4) is 0 Å². The molecule has 1 heterocycles. The highest BCUT2D eigenvalue weighted by atomic mass is 35.5. The summed E-state index contributed by atoms with van der Waals surface area (Å²) in [5.74, 6) is 0.383. The summed E-state index contributed by atoms with van der Waals surface area (Å²) in [5.41, 5.74) is 2.82. The number of pyridine rings is 1. The molecule has 1 unspecified atom stereocenters. The van der Waals surface area contributed by atoms with E-state index in [1.54, 1.807) is 18.2 Å². The Hall–Kier alpha value is -3.17. The molecule has 2 aromatic rings. The number of ketones is 1. The lowest BCUT2D eigenvalue weighted by molar-refractivity contribution is -0.116. The zero-order valence-corrected chi connectivity index (χ0v) is 20.3. The van der Waals surface area contributed by atoms with Crippen molar-refractivity contribution >= 4 is 32.9 Å². The van der Waals surface area contributed by atoms with Crippen molar-refractivity contribution in [2.24, 2.45) is 5.16 Å². The Morgan fingerprint density at radius 1 is 1.24 bits per heavy atom. The van der Waals surface area contributed by atoms with Gasteiger partial charge in [-0.2, -0.15) is 0 Å². The minimum absolute atomic E-state index is 0.00571. The highest BCUT2D eigenvalue weighted by molar-refractivity contribution is 7.90. The fraction of sp³-hybridized carbons (Fsp3) is 0.292. The molecule has 0 radical (unpaired) electrons. The van der Waals surface area contributed by atoms with Crippen molar-refractivity contribution in [3.63, 3.8) is 0 Å². The quantitative estimate of drug-likeness (QED) is 0.288. The lowest BCUT2D eigenvalue weighted by atomic mass is 9.81. The molecule has 8 nitrogen and oxygen atoms in total. The molecule has 180 valence electrons. The number of carbonyl (C=O) groups is 1. The van der Waals surface area contributed by atoms with E-state index in [4.69, 9.17) is 21.2 Å². The number of allylic oxidation sites excluding steroid dienone is 2. The van der Waals surface area contributed by atoms with Gasteiger partial charge < -0.3 is 14.7 Å². The van der Waals surface area contributed by atoms with Gasteiger partial charge >= 0.3 is 0 Å². The summed E-state index contributed by atoms with van der Waals surface area (Å²) in [4.78, 5) is 22.1. The second-order valence-electron chi connectivity index (χ2n) is 7.67. The lowest BCUT2D eigenvalue weighted by Gasteiger charge is -2.24. The van der Waals surface area contributed by atoms with Gasteiger partial charge in [-0.05, 0) is 42.2 Å². The van der Waals surface area contributed by atoms with Crippen LogP contribution in [0.15, 0.2) is 75.6 Å². The number of Topliss-reactive ketones (excluding diaryl/α,β-unsaturated/α-hetero) is 1. The average molecular weight is 505 g/mol. The van der Waals surface area contributed by atoms with Crippen LogP contribution < -0.4 is 4.74 Å². The number of halogens is 1. The number of hydrogen-bond donors (Lipinski definition) is 1. The van der Waals surface area contributed by atoms with Gasteiger partial charge in [-0.3, -0.25) is 4.79 Å². The normalized spacial score (nSPS) is 17.3. The van der Waals surface area contributed by atoms with Gasteiger partial charge in [0.05, 0.1) is 16.2 Å². The molecule has 0 aliphatic heterocycles. The maximum atomic E-state index is 12.8. The molecule has 1 aromatic heterocycles. The minimum atomic E-state index is -3.33. The molecule has 1 N–H and O–H groups in total. The van der Waals surface area contributed by atoms with Crippen molar-refractivity contribution in [1.29, 1.82) is 0 Å². The van der Waals surface area contributed by atoms with Gasteiger partial charge in [0.2, 0.25) is 5.88 Å². The van der Waals surface area contributed by atoms with E-state index in [9.17, 15) is 18.3 Å². The van der Waals surface area contributed by atoms with E-state index in [-0.39, 0.29) is 46.8 Å². The molecule has 0 amide bonds. The van der Waals surface area contributed by atoms with Gasteiger partial charge in [0.15, 0.2) is 15.6 Å². The Balaban J connectivity index is 1.70. The second-order valence-corrected chi connectivity index (χ2v) is 9.94. The molecular formula is C24H25ClN2O6S. The SMILES string of the molecule is CC/C(=N\OC/C=C/Cl)C1=C(O)CC(c2ccc(Oc3ccc(S(C)(=O)=O)cn3)cc2)CC1=O. The van der Waals surface area contributed by atoms with Gasteiger partial charge in [0, 0.05) is 36.9 Å². The fourth-order valence-electron chi connectivity index (χ4n) is 3.51. The fourth-order valence-corrected chi connectivity index (χ4v) is 4.15. The standard InChI is InChI=1S/C24H25ClN2O6S/c1-3-20(27-32-12-4-11-25)24-21(28)13-17(14-22(24)29)16-5-7-18(8-6-16)33-23-10-9-19(15-26-23)34(2,30)31/h4-11,15,17,28H,3,12-14H2,1-2H3/b11-4+,27-20+. The molecule has 1 atom stereocenters. The van der Waals surface area contributed by atoms with Crippen LogP contribution in [0.5, 0.6) is 11.6 Å². The van der Waals surface area contributed by atoms with Crippen molar-refractivity contribution in [2.45, 2.75) is 37.0 Å². The largest absolute Gasteiger partial charge is 0.511 e. The molecule has 0 fully saturated rings. The first kappa shape index (κ1) is 25.5. The van der Waals surface area contributed by atoms with Crippen molar-refractivity contribution in [2.75, 3.05) is 12.9 Å². The highest BCUT2D eigenvalue weighted by Gasteiger charge is 2.31. The molecular weight excluding hydrogens is 480 g/mol. The zero-order chi connectivity index (χ0) is 24.7. The van der Waals surface area contributed by atoms with E-state index in [1.807, 2.05) is 19.1 Å². The number of aliphatic hydroxyl groups excluding tert-OH is 1. The van der Waals surface area contributed by atoms with Crippen LogP contribution in [0.2, 0.25) is 0 Å². The van der Waals surface area contributed by atoms with Crippen molar-refractivity contribution in [3.8, 4) is 11.6 Å². The van der Waals surface area contributed by atoms with Gasteiger partial charge in [-0.15, -0.1) is 0 Å². The summed E-state index contributed by atoms with van der Waals surface area (Å²) < 4.78 is 28.7. The van der Waals surface area contributed by atoms with Crippen LogP contribution in [0.25, 0.3) is 0 Å². The Kier molecular flexibility index (Phi) is 8.46. The number of aliphatic hydroxyl groups is 1. The monoisotopic (exact) mass is 504 g/mol. The van der Waals surface area contributed by atoms with E-state index in [0.29, 0.717) is 24.3 Å². The first-order valence-corrected chi connectivity index (χ1v) is 12.9. The predicted octanol–water partition coefficient (Wildman–Crippen LogP) is 5.07. The van der Waals surface area contributed by atoms with E-state index in [0.717, 1.165) is 11.8 Å². The number of nitrogens with zero attached hydrogens (tertiary/aromatic N) is 2. The predicted molar refractivity (Wildman–Crippen MR) is 129 cm³/mol. The molecule has 0 bridgehead atoms. The maximum Gasteiger partial charge on any atom is 0.219 e. The number of carbonyl (C=O) groups excluding carboxylic acids is 1. The first-order chi connectivity index (χ1) is 16.2. The first-order valence-electron chi connectivity index (χ1n) is 10.6. The minimum Gasteiger partial charge on any atom is -0.511 e. The number of ether oxygens (including phenoxy) is 1. The Morgan fingerprint density at radius 3 is 2.53 bits per heavy atom. The third-order valence-corrected chi connectivity index (χ3v) is 6.48. The summed E-state index contributed by atoms with van der Waals surface area (Å²) in [7, 11) is -3.33. The van der Waals surface area contributed by atoms with Crippen molar-refractivity contribution < 1.29 is 27.9 Å². The maximum absolute atomic E-state index is 12.8. The molecule has 1 aromatic carbocycles. The van der Waals surface area contributed by atoms with Gasteiger partial charge in [-0.1, -0.05) is 35.8 Å². The Morgan fingerprint density at radius 2 is 1.97 bits per heavy atom. The smallest absolute Gasteiger partial charge is 0.219 e. The van der Waals surface area contributed by atoms with E-state index < -0.39 is 9.84 Å². The number of benzene rings is 1. The molecule has 0 saturated carbocycles. The van der Waals surface area contributed by atoms with E-state index >= 15 is 0 Å². The van der Waals surface area contributed by atoms with E-state index in [1.165, 1.54) is 23.9 Å². The van der Waals surface area contributed by atoms with Crippen molar-refractivity contribution in [3.05, 3.63) is 71.1 Å². The van der Waals surface area contributed by atoms with E-state index in [2.05, 4.69) is 10.1 Å². The summed E-state index contributed by atoms with van der Waals surface area (Å²) in [6.07, 6.45) is 4.89.